The van der Waals surface area contributed by atoms with Crippen molar-refractivity contribution in [2.75, 3.05) is 5.33 Å². The van der Waals surface area contributed by atoms with E-state index in [1.54, 1.807) is 0 Å². The van der Waals surface area contributed by atoms with Crippen molar-refractivity contribution in [2.24, 2.45) is 0 Å². The van der Waals surface area contributed by atoms with E-state index >= 15 is 0 Å². The lowest BCUT2D eigenvalue weighted by Crippen LogP contribution is -2.06. The Hall–Kier alpha value is -0.190. The Labute approximate surface area is 137 Å². The van der Waals surface area contributed by atoms with Crippen LogP contribution in [0.5, 0.6) is 0 Å². The van der Waals surface area contributed by atoms with Gasteiger partial charge in [-0.1, -0.05) is 66.0 Å². The number of halogens is 4. The SMILES string of the molecule is Fc1cc(Br)ccc1CC(CBr)c1cccc(Br)c1. The largest absolute Gasteiger partial charge is 0.207 e. The molecule has 0 bridgehead atoms. The highest BCUT2D eigenvalue weighted by Gasteiger charge is 2.14. The van der Waals surface area contributed by atoms with Gasteiger partial charge < -0.3 is 0 Å². The van der Waals surface area contributed by atoms with Crippen LogP contribution in [0, 0.1) is 5.82 Å². The van der Waals surface area contributed by atoms with Gasteiger partial charge in [0.25, 0.3) is 0 Å². The molecule has 0 aromatic heterocycles. The van der Waals surface area contributed by atoms with Crippen molar-refractivity contribution in [3.05, 3.63) is 68.4 Å². The highest BCUT2D eigenvalue weighted by molar-refractivity contribution is 9.10. The first kappa shape index (κ1) is 15.2. The van der Waals surface area contributed by atoms with Crippen LogP contribution in [-0.4, -0.2) is 5.33 Å². The van der Waals surface area contributed by atoms with E-state index in [4.69, 9.17) is 0 Å². The van der Waals surface area contributed by atoms with Crippen molar-refractivity contribution >= 4 is 47.8 Å². The summed E-state index contributed by atoms with van der Waals surface area (Å²) in [7, 11) is 0. The molecular formula is C15H12Br3F. The maximum atomic E-state index is 13.9. The molecule has 2 aromatic rings. The maximum absolute atomic E-state index is 13.9. The van der Waals surface area contributed by atoms with E-state index in [1.807, 2.05) is 24.3 Å². The zero-order valence-corrected chi connectivity index (χ0v) is 14.8. The molecule has 0 aliphatic rings. The Bertz CT molecular complexity index is 569. The highest BCUT2D eigenvalue weighted by atomic mass is 79.9. The molecule has 0 spiro atoms. The van der Waals surface area contributed by atoms with Gasteiger partial charge in [0, 0.05) is 14.3 Å². The van der Waals surface area contributed by atoms with Crippen LogP contribution in [0.3, 0.4) is 0 Å². The normalized spacial score (nSPS) is 12.4. The van der Waals surface area contributed by atoms with Gasteiger partial charge in [0.15, 0.2) is 0 Å². The number of hydrogen-bond acceptors (Lipinski definition) is 0. The summed E-state index contributed by atoms with van der Waals surface area (Å²) in [5.74, 6) is 0.100. The summed E-state index contributed by atoms with van der Waals surface area (Å²) in [6, 6.07) is 13.4. The second kappa shape index (κ2) is 7.00. The summed E-state index contributed by atoms with van der Waals surface area (Å²) < 4.78 is 15.7. The summed E-state index contributed by atoms with van der Waals surface area (Å²) in [5, 5.41) is 0.805. The molecule has 0 radical (unpaired) electrons. The third kappa shape index (κ3) is 4.14. The van der Waals surface area contributed by atoms with Gasteiger partial charge in [0.2, 0.25) is 0 Å². The van der Waals surface area contributed by atoms with E-state index in [0.717, 1.165) is 19.8 Å². The number of rotatable bonds is 4. The fourth-order valence-corrected chi connectivity index (χ4v) is 3.33. The van der Waals surface area contributed by atoms with Crippen molar-refractivity contribution in [3.63, 3.8) is 0 Å². The molecule has 2 rings (SSSR count). The van der Waals surface area contributed by atoms with E-state index in [0.29, 0.717) is 6.42 Å². The van der Waals surface area contributed by atoms with E-state index in [9.17, 15) is 4.39 Å². The van der Waals surface area contributed by atoms with Crippen molar-refractivity contribution in [3.8, 4) is 0 Å². The molecule has 0 amide bonds. The van der Waals surface area contributed by atoms with Gasteiger partial charge in [0.05, 0.1) is 0 Å². The van der Waals surface area contributed by atoms with Crippen LogP contribution in [0.25, 0.3) is 0 Å². The van der Waals surface area contributed by atoms with Crippen LogP contribution in [0.15, 0.2) is 51.4 Å². The Kier molecular flexibility index (Phi) is 5.60. The number of hydrogen-bond donors (Lipinski definition) is 0. The fraction of sp³-hybridized carbons (Fsp3) is 0.200. The first-order valence-corrected chi connectivity index (χ1v) is 8.56. The topological polar surface area (TPSA) is 0 Å². The Morgan fingerprint density at radius 2 is 1.74 bits per heavy atom. The second-order valence-corrected chi connectivity index (χ2v) is 6.82. The molecule has 19 heavy (non-hydrogen) atoms. The highest BCUT2D eigenvalue weighted by Crippen LogP contribution is 2.27. The number of benzene rings is 2. The standard InChI is InChI=1S/C15H12Br3F/c16-9-12(10-2-1-3-13(17)7-10)6-11-4-5-14(18)8-15(11)19/h1-5,7-8,12H,6,9H2. The van der Waals surface area contributed by atoms with Crippen molar-refractivity contribution in [1.82, 2.24) is 0 Å². The second-order valence-electron chi connectivity index (χ2n) is 4.35. The van der Waals surface area contributed by atoms with Gasteiger partial charge >= 0.3 is 0 Å². The molecular weight excluding hydrogens is 439 g/mol. The lowest BCUT2D eigenvalue weighted by molar-refractivity contribution is 0.598. The Balaban J connectivity index is 2.24. The lowest BCUT2D eigenvalue weighted by atomic mass is 9.93. The van der Waals surface area contributed by atoms with Crippen LogP contribution in [0.1, 0.15) is 17.0 Å². The lowest BCUT2D eigenvalue weighted by Gasteiger charge is -2.15. The van der Waals surface area contributed by atoms with Gasteiger partial charge in [-0.3, -0.25) is 0 Å². The molecule has 0 nitrogen and oxygen atoms in total. The summed E-state index contributed by atoms with van der Waals surface area (Å²) >= 11 is 10.3. The third-order valence-corrected chi connectivity index (χ3v) is 4.76. The van der Waals surface area contributed by atoms with Crippen LogP contribution >= 0.6 is 47.8 Å². The minimum atomic E-state index is -0.157. The van der Waals surface area contributed by atoms with E-state index in [-0.39, 0.29) is 11.7 Å². The minimum absolute atomic E-state index is 0.157. The molecule has 2 aromatic carbocycles. The predicted molar refractivity (Wildman–Crippen MR) is 88.5 cm³/mol. The average Bonchev–Trinajstić information content (AvgIpc) is 2.38. The molecule has 4 heteroatoms. The first-order chi connectivity index (χ1) is 9.10. The monoisotopic (exact) mass is 448 g/mol. The van der Waals surface area contributed by atoms with Crippen LogP contribution in [-0.2, 0) is 6.42 Å². The van der Waals surface area contributed by atoms with Gasteiger partial charge in [-0.25, -0.2) is 4.39 Å². The number of alkyl halides is 1. The van der Waals surface area contributed by atoms with Gasteiger partial charge in [0.1, 0.15) is 5.82 Å². The summed E-state index contributed by atoms with van der Waals surface area (Å²) in [6.45, 7) is 0. The Morgan fingerprint density at radius 3 is 2.37 bits per heavy atom. The summed E-state index contributed by atoms with van der Waals surface area (Å²) in [4.78, 5) is 0. The molecule has 100 valence electrons. The third-order valence-electron chi connectivity index (χ3n) is 2.99. The molecule has 0 aliphatic carbocycles. The molecule has 0 saturated carbocycles. The smallest absolute Gasteiger partial charge is 0.127 e. The molecule has 0 saturated heterocycles. The molecule has 1 atom stereocenters. The molecule has 0 fully saturated rings. The zero-order chi connectivity index (χ0) is 13.8. The summed E-state index contributed by atoms with van der Waals surface area (Å²) in [6.07, 6.45) is 0.681. The van der Waals surface area contributed by atoms with Gasteiger partial charge in [-0.15, -0.1) is 0 Å². The summed E-state index contributed by atoms with van der Waals surface area (Å²) in [5.41, 5.74) is 1.95. The van der Waals surface area contributed by atoms with Crippen molar-refractivity contribution in [2.45, 2.75) is 12.3 Å². The molecule has 0 N–H and O–H groups in total. The molecule has 0 aliphatic heterocycles. The first-order valence-electron chi connectivity index (χ1n) is 5.85. The van der Waals surface area contributed by atoms with E-state index < -0.39 is 0 Å². The van der Waals surface area contributed by atoms with Crippen LogP contribution in [0.4, 0.5) is 4.39 Å². The van der Waals surface area contributed by atoms with E-state index in [2.05, 4.69) is 59.9 Å². The molecule has 1 unspecified atom stereocenters. The molecule has 0 heterocycles. The predicted octanol–water partition coefficient (Wildman–Crippen LogP) is 6.07. The fourth-order valence-electron chi connectivity index (χ4n) is 1.97. The quantitative estimate of drug-likeness (QED) is 0.496. The minimum Gasteiger partial charge on any atom is -0.207 e. The van der Waals surface area contributed by atoms with Gasteiger partial charge in [-0.05, 0) is 47.7 Å². The van der Waals surface area contributed by atoms with Gasteiger partial charge in [-0.2, -0.15) is 0 Å². The maximum Gasteiger partial charge on any atom is 0.127 e. The van der Waals surface area contributed by atoms with Crippen LogP contribution < -0.4 is 0 Å². The Morgan fingerprint density at radius 1 is 1.00 bits per heavy atom. The van der Waals surface area contributed by atoms with Crippen molar-refractivity contribution < 1.29 is 4.39 Å². The average molecular weight is 451 g/mol. The van der Waals surface area contributed by atoms with Crippen LogP contribution in [0.2, 0.25) is 0 Å². The van der Waals surface area contributed by atoms with E-state index in [1.165, 1.54) is 11.6 Å². The van der Waals surface area contributed by atoms with Crippen molar-refractivity contribution in [1.29, 1.82) is 0 Å². The zero-order valence-electron chi connectivity index (χ0n) is 10.0.